The molecule has 0 saturated heterocycles. The molecule has 0 radical (unpaired) electrons. The summed E-state index contributed by atoms with van der Waals surface area (Å²) in [5.74, 6) is -3.32. The van der Waals surface area contributed by atoms with E-state index in [0.717, 1.165) is 4.90 Å². The van der Waals surface area contributed by atoms with Gasteiger partial charge in [0.1, 0.15) is 24.9 Å². The Kier molecular flexibility index (Phi) is 13.0. The fourth-order valence-corrected chi connectivity index (χ4v) is 5.13. The lowest BCUT2D eigenvalue weighted by Crippen LogP contribution is -2.55. The predicted molar refractivity (Wildman–Crippen MR) is 167 cm³/mol. The molecule has 0 aromatic heterocycles. The summed E-state index contributed by atoms with van der Waals surface area (Å²) in [6.45, 7) is 7.20. The fraction of sp³-hybridized carbons (Fsp3) is 0.469. The van der Waals surface area contributed by atoms with E-state index in [0.29, 0.717) is 11.1 Å². The van der Waals surface area contributed by atoms with Gasteiger partial charge in [0.2, 0.25) is 5.91 Å². The first kappa shape index (κ1) is 35.9. The Hall–Kier alpha value is -4.53. The van der Waals surface area contributed by atoms with Crippen molar-refractivity contribution in [2.24, 2.45) is 0 Å². The summed E-state index contributed by atoms with van der Waals surface area (Å²) in [6.07, 6.45) is -1.25. The molecule has 250 valence electrons. The molecule has 2 aromatic rings. The number of aryl methyl sites for hydroxylation is 2. The van der Waals surface area contributed by atoms with Gasteiger partial charge in [-0.3, -0.25) is 28.9 Å². The number of aromatic hydroxyl groups is 1. The van der Waals surface area contributed by atoms with Crippen molar-refractivity contribution in [3.63, 3.8) is 0 Å². The Balaban J connectivity index is 1.98. The molecule has 3 rings (SSSR count). The average Bonchev–Trinajstić information content (AvgIpc) is 3.13. The molecule has 0 aliphatic carbocycles. The minimum absolute atomic E-state index is 0.0339. The van der Waals surface area contributed by atoms with Crippen molar-refractivity contribution in [2.75, 3.05) is 49.3 Å². The van der Waals surface area contributed by atoms with E-state index >= 15 is 0 Å². The zero-order chi connectivity index (χ0) is 34.0. The molecule has 4 amide bonds. The van der Waals surface area contributed by atoms with Crippen LogP contribution < -0.4 is 20.4 Å². The van der Waals surface area contributed by atoms with Crippen LogP contribution in [0, 0.1) is 13.8 Å². The molecule has 14 heteroatoms. The molecule has 1 aliphatic rings. The zero-order valence-electron chi connectivity index (χ0n) is 26.7. The van der Waals surface area contributed by atoms with E-state index in [1.54, 1.807) is 52.8 Å². The van der Waals surface area contributed by atoms with Crippen LogP contribution in [0.15, 0.2) is 36.4 Å². The molecule has 1 aliphatic heterocycles. The van der Waals surface area contributed by atoms with E-state index in [2.05, 4.69) is 10.6 Å². The van der Waals surface area contributed by atoms with Crippen molar-refractivity contribution in [1.82, 2.24) is 10.6 Å². The lowest BCUT2D eigenvalue weighted by atomic mass is 10.0. The lowest BCUT2D eigenvalue weighted by Gasteiger charge is -2.29. The van der Waals surface area contributed by atoms with Crippen LogP contribution in [0.4, 0.5) is 11.4 Å². The number of carbonyl (C=O) groups is 5. The highest BCUT2D eigenvalue weighted by Gasteiger charge is 2.38. The van der Waals surface area contributed by atoms with Gasteiger partial charge in [-0.15, -0.1) is 0 Å². The fourth-order valence-electron chi connectivity index (χ4n) is 5.13. The van der Waals surface area contributed by atoms with Crippen molar-refractivity contribution in [1.29, 1.82) is 0 Å². The number of benzene rings is 2. The molecule has 46 heavy (non-hydrogen) atoms. The minimum atomic E-state index is -1.34. The number of esters is 1. The highest BCUT2D eigenvalue weighted by atomic mass is 16.7. The normalized spacial score (nSPS) is 15.2. The number of amides is 4. The maximum atomic E-state index is 14.1. The van der Waals surface area contributed by atoms with Gasteiger partial charge >= 0.3 is 5.97 Å². The first-order valence-electron chi connectivity index (χ1n) is 15.1. The van der Waals surface area contributed by atoms with Gasteiger partial charge in [0.05, 0.1) is 37.0 Å². The largest absolute Gasteiger partial charge is 0.507 e. The number of para-hydroxylation sites is 2. The van der Waals surface area contributed by atoms with Crippen LogP contribution in [-0.4, -0.2) is 97.7 Å². The van der Waals surface area contributed by atoms with Crippen molar-refractivity contribution >= 4 is 41.0 Å². The maximum absolute atomic E-state index is 14.1. The Bertz CT molecular complexity index is 1400. The summed E-state index contributed by atoms with van der Waals surface area (Å²) in [5, 5.41) is 25.3. The summed E-state index contributed by atoms with van der Waals surface area (Å²) in [4.78, 5) is 68.6. The third-order valence-corrected chi connectivity index (χ3v) is 7.22. The van der Waals surface area contributed by atoms with Crippen LogP contribution in [0.25, 0.3) is 0 Å². The number of aliphatic hydroxyl groups is 1. The standard InChI is InChI=1S/C32H42N4O10/c1-6-44-28(40)15-22(32(45-7-2)46-8-3)33-26(38)17-36-25-12-10-9-11-24(25)35(27(39)18-37)16-23(31(36)43)34-30(42)21-13-19(4)29(41)20(5)14-21/h9-14,22-23,32,37,41H,6-8,15-18H2,1-5H3,(H,33,38)(H,34,42)/t22-,23-/m0/s1. The topological polar surface area (TPSA) is 184 Å². The molecule has 14 nitrogen and oxygen atoms in total. The summed E-state index contributed by atoms with van der Waals surface area (Å²) in [7, 11) is 0. The van der Waals surface area contributed by atoms with Gasteiger partial charge in [0.15, 0.2) is 6.29 Å². The number of aliphatic hydroxyl groups excluding tert-OH is 1. The summed E-state index contributed by atoms with van der Waals surface area (Å²) < 4.78 is 16.3. The van der Waals surface area contributed by atoms with E-state index in [4.69, 9.17) is 14.2 Å². The Morgan fingerprint density at radius 1 is 0.978 bits per heavy atom. The Labute approximate surface area is 267 Å². The third kappa shape index (κ3) is 8.80. The SMILES string of the molecule is CCOC(=O)C[C@H](NC(=O)CN1C(=O)[C@@H](NC(=O)c2cc(C)c(O)c(C)c2)CN(C(=O)CO)c2ccccc21)C(OCC)OCC. The number of rotatable bonds is 14. The number of ether oxygens (including phenoxy) is 3. The summed E-state index contributed by atoms with van der Waals surface area (Å²) >= 11 is 0. The zero-order valence-corrected chi connectivity index (χ0v) is 26.7. The molecule has 0 fully saturated rings. The quantitative estimate of drug-likeness (QED) is 0.173. The highest BCUT2D eigenvalue weighted by Crippen LogP contribution is 2.33. The number of carbonyl (C=O) groups excluding carboxylic acids is 5. The average molecular weight is 643 g/mol. The van der Waals surface area contributed by atoms with E-state index in [1.165, 1.54) is 23.1 Å². The maximum Gasteiger partial charge on any atom is 0.308 e. The lowest BCUT2D eigenvalue weighted by molar-refractivity contribution is -0.167. The molecule has 2 atom stereocenters. The molecule has 4 N–H and O–H groups in total. The van der Waals surface area contributed by atoms with Gasteiger partial charge in [-0.1, -0.05) is 12.1 Å². The molecule has 0 unspecified atom stereocenters. The molecule has 1 heterocycles. The van der Waals surface area contributed by atoms with Gasteiger partial charge in [-0.05, 0) is 70.0 Å². The number of phenols is 1. The first-order chi connectivity index (χ1) is 21.9. The van der Waals surface area contributed by atoms with Gasteiger partial charge in [0.25, 0.3) is 17.7 Å². The summed E-state index contributed by atoms with van der Waals surface area (Å²) in [5.41, 5.74) is 1.50. The van der Waals surface area contributed by atoms with Crippen molar-refractivity contribution < 1.29 is 48.4 Å². The number of hydrogen-bond donors (Lipinski definition) is 4. The van der Waals surface area contributed by atoms with Crippen LogP contribution in [0.5, 0.6) is 5.75 Å². The summed E-state index contributed by atoms with van der Waals surface area (Å²) in [6, 6.07) is 6.96. The van der Waals surface area contributed by atoms with Crippen LogP contribution in [0.1, 0.15) is 48.7 Å². The molecule has 0 bridgehead atoms. The Morgan fingerprint density at radius 3 is 2.15 bits per heavy atom. The monoisotopic (exact) mass is 642 g/mol. The predicted octanol–water partition coefficient (Wildman–Crippen LogP) is 1.32. The molecule has 2 aromatic carbocycles. The number of phenolic OH excluding ortho intramolecular Hbond substituents is 1. The molecule has 0 saturated carbocycles. The Morgan fingerprint density at radius 2 is 1.59 bits per heavy atom. The van der Waals surface area contributed by atoms with Crippen molar-refractivity contribution in [2.45, 2.75) is 59.4 Å². The van der Waals surface area contributed by atoms with Crippen LogP contribution in [0.3, 0.4) is 0 Å². The highest BCUT2D eigenvalue weighted by molar-refractivity contribution is 6.11. The first-order valence-corrected chi connectivity index (χ1v) is 15.1. The van der Waals surface area contributed by atoms with Crippen molar-refractivity contribution in [3.8, 4) is 5.75 Å². The second-order valence-corrected chi connectivity index (χ2v) is 10.5. The molecule has 0 spiro atoms. The smallest absolute Gasteiger partial charge is 0.308 e. The van der Waals surface area contributed by atoms with E-state index < -0.39 is 61.1 Å². The van der Waals surface area contributed by atoms with Crippen LogP contribution in [0.2, 0.25) is 0 Å². The number of nitrogens with zero attached hydrogens (tertiary/aromatic N) is 2. The van der Waals surface area contributed by atoms with Gasteiger partial charge in [-0.25, -0.2) is 0 Å². The second kappa shape index (κ2) is 16.7. The van der Waals surface area contributed by atoms with E-state index in [9.17, 15) is 34.2 Å². The molecular formula is C32H42N4O10. The number of nitrogens with one attached hydrogen (secondary N) is 2. The number of hydrogen-bond acceptors (Lipinski definition) is 10. The van der Waals surface area contributed by atoms with E-state index in [-0.39, 0.29) is 55.5 Å². The van der Waals surface area contributed by atoms with Crippen LogP contribution in [-0.2, 0) is 33.4 Å². The molecular weight excluding hydrogens is 600 g/mol. The van der Waals surface area contributed by atoms with Gasteiger partial charge in [0, 0.05) is 18.8 Å². The van der Waals surface area contributed by atoms with Crippen molar-refractivity contribution in [3.05, 3.63) is 53.1 Å². The second-order valence-electron chi connectivity index (χ2n) is 10.5. The van der Waals surface area contributed by atoms with E-state index in [1.807, 2.05) is 0 Å². The number of fused-ring (bicyclic) bond motifs is 1. The van der Waals surface area contributed by atoms with Gasteiger partial charge in [-0.2, -0.15) is 0 Å². The van der Waals surface area contributed by atoms with Gasteiger partial charge < -0.3 is 40.0 Å². The minimum Gasteiger partial charge on any atom is -0.507 e. The third-order valence-electron chi connectivity index (χ3n) is 7.22. The number of anilines is 2. The van der Waals surface area contributed by atoms with Crippen LogP contribution >= 0.6 is 0 Å².